The molecule has 1 N–H and O–H groups in total. The molecule has 0 unspecified atom stereocenters. The van der Waals surface area contributed by atoms with E-state index in [-0.39, 0.29) is 6.10 Å². The highest BCUT2D eigenvalue weighted by Crippen LogP contribution is 2.24. The van der Waals surface area contributed by atoms with Crippen LogP contribution in [0.15, 0.2) is 22.7 Å². The molecule has 0 aromatic heterocycles. The molecule has 0 aliphatic heterocycles. The topological polar surface area (TPSA) is 21.3 Å². The quantitative estimate of drug-likeness (QED) is 0.887. The molecule has 0 radical (unpaired) electrons. The van der Waals surface area contributed by atoms with Gasteiger partial charge in [-0.2, -0.15) is 0 Å². The van der Waals surface area contributed by atoms with Crippen LogP contribution >= 0.6 is 15.9 Å². The van der Waals surface area contributed by atoms with E-state index < -0.39 is 0 Å². The molecule has 0 amide bonds. The lowest BCUT2D eigenvalue weighted by atomic mass is 10.2. The molecular formula is C12H18BrNO. The van der Waals surface area contributed by atoms with Gasteiger partial charge in [0.2, 0.25) is 0 Å². The molecule has 0 heterocycles. The zero-order chi connectivity index (χ0) is 11.3. The Hall–Kier alpha value is -0.540. The average Bonchev–Trinajstić information content (AvgIpc) is 2.18. The van der Waals surface area contributed by atoms with Crippen molar-refractivity contribution in [2.45, 2.75) is 33.4 Å². The van der Waals surface area contributed by atoms with Crippen molar-refractivity contribution in [2.24, 2.45) is 0 Å². The first-order chi connectivity index (χ1) is 7.13. The van der Waals surface area contributed by atoms with E-state index in [9.17, 15) is 0 Å². The normalized spacial score (nSPS) is 10.7. The van der Waals surface area contributed by atoms with E-state index in [0.29, 0.717) is 0 Å². The van der Waals surface area contributed by atoms with E-state index in [1.54, 1.807) is 0 Å². The molecule has 0 bridgehead atoms. The number of halogens is 1. The Bertz CT molecular complexity index is 312. The summed E-state index contributed by atoms with van der Waals surface area (Å²) in [6, 6.07) is 6.12. The Morgan fingerprint density at radius 3 is 2.73 bits per heavy atom. The number of benzene rings is 1. The van der Waals surface area contributed by atoms with Gasteiger partial charge in [0.1, 0.15) is 5.75 Å². The molecule has 84 valence electrons. The highest BCUT2D eigenvalue weighted by molar-refractivity contribution is 9.10. The summed E-state index contributed by atoms with van der Waals surface area (Å²) in [5, 5.41) is 3.30. The summed E-state index contributed by atoms with van der Waals surface area (Å²) in [4.78, 5) is 0. The summed E-state index contributed by atoms with van der Waals surface area (Å²) in [6.45, 7) is 7.99. The predicted molar refractivity (Wildman–Crippen MR) is 67.3 cm³/mol. The standard InChI is InChI=1S/C12H18BrNO/c1-4-14-8-10-7-11(13)5-6-12(10)15-9(2)3/h5-7,9,14H,4,8H2,1-3H3. The van der Waals surface area contributed by atoms with Gasteiger partial charge in [0, 0.05) is 16.6 Å². The van der Waals surface area contributed by atoms with Crippen LogP contribution in [-0.2, 0) is 6.54 Å². The third-order valence-corrected chi connectivity index (χ3v) is 2.44. The van der Waals surface area contributed by atoms with Gasteiger partial charge in [0.15, 0.2) is 0 Å². The van der Waals surface area contributed by atoms with Gasteiger partial charge in [-0.25, -0.2) is 0 Å². The highest BCUT2D eigenvalue weighted by atomic mass is 79.9. The maximum atomic E-state index is 5.74. The Balaban J connectivity index is 2.82. The van der Waals surface area contributed by atoms with E-state index in [2.05, 4.69) is 34.2 Å². The number of ether oxygens (including phenoxy) is 1. The van der Waals surface area contributed by atoms with E-state index >= 15 is 0 Å². The van der Waals surface area contributed by atoms with Crippen molar-refractivity contribution in [3.8, 4) is 5.75 Å². The van der Waals surface area contributed by atoms with Crippen LogP contribution in [0, 0.1) is 0 Å². The molecule has 0 aliphatic carbocycles. The summed E-state index contributed by atoms with van der Waals surface area (Å²) in [6.07, 6.45) is 0.214. The number of rotatable bonds is 5. The molecule has 0 saturated heterocycles. The fourth-order valence-electron chi connectivity index (χ4n) is 1.31. The number of hydrogen-bond donors (Lipinski definition) is 1. The van der Waals surface area contributed by atoms with Crippen molar-refractivity contribution < 1.29 is 4.74 Å². The molecule has 0 saturated carbocycles. The van der Waals surface area contributed by atoms with Gasteiger partial charge in [-0.1, -0.05) is 22.9 Å². The monoisotopic (exact) mass is 271 g/mol. The van der Waals surface area contributed by atoms with Crippen molar-refractivity contribution in [1.29, 1.82) is 0 Å². The van der Waals surface area contributed by atoms with Crippen LogP contribution in [-0.4, -0.2) is 12.6 Å². The molecular weight excluding hydrogens is 254 g/mol. The molecule has 3 heteroatoms. The minimum absolute atomic E-state index is 0.214. The number of hydrogen-bond acceptors (Lipinski definition) is 2. The molecule has 2 nitrogen and oxygen atoms in total. The second-order valence-electron chi connectivity index (χ2n) is 3.70. The Kier molecular flexibility index (Phi) is 5.12. The van der Waals surface area contributed by atoms with Gasteiger partial charge in [-0.3, -0.25) is 0 Å². The van der Waals surface area contributed by atoms with Crippen molar-refractivity contribution in [3.05, 3.63) is 28.2 Å². The minimum atomic E-state index is 0.214. The fourth-order valence-corrected chi connectivity index (χ4v) is 1.72. The Morgan fingerprint density at radius 2 is 2.13 bits per heavy atom. The fraction of sp³-hybridized carbons (Fsp3) is 0.500. The third kappa shape index (κ3) is 4.22. The third-order valence-electron chi connectivity index (χ3n) is 1.95. The van der Waals surface area contributed by atoms with Crippen molar-refractivity contribution in [2.75, 3.05) is 6.54 Å². The van der Waals surface area contributed by atoms with Gasteiger partial charge in [0.25, 0.3) is 0 Å². The van der Waals surface area contributed by atoms with Crippen LogP contribution in [0.2, 0.25) is 0 Å². The Morgan fingerprint density at radius 1 is 1.40 bits per heavy atom. The average molecular weight is 272 g/mol. The molecule has 0 aliphatic rings. The summed E-state index contributed by atoms with van der Waals surface area (Å²) in [7, 11) is 0. The van der Waals surface area contributed by atoms with Crippen molar-refractivity contribution >= 4 is 15.9 Å². The molecule has 15 heavy (non-hydrogen) atoms. The molecule has 0 atom stereocenters. The van der Waals surface area contributed by atoms with Crippen LogP contribution in [0.3, 0.4) is 0 Å². The van der Waals surface area contributed by atoms with Gasteiger partial charge in [0.05, 0.1) is 6.10 Å². The van der Waals surface area contributed by atoms with Crippen LogP contribution in [0.25, 0.3) is 0 Å². The van der Waals surface area contributed by atoms with Crippen molar-refractivity contribution in [3.63, 3.8) is 0 Å². The number of nitrogens with one attached hydrogen (secondary N) is 1. The Labute approximate surface area is 100 Å². The first-order valence-electron chi connectivity index (χ1n) is 5.29. The van der Waals surface area contributed by atoms with E-state index in [1.807, 2.05) is 26.0 Å². The molecule has 0 fully saturated rings. The first-order valence-corrected chi connectivity index (χ1v) is 6.08. The zero-order valence-corrected chi connectivity index (χ0v) is 11.1. The molecule has 0 spiro atoms. The maximum absolute atomic E-state index is 5.74. The first kappa shape index (κ1) is 12.5. The maximum Gasteiger partial charge on any atom is 0.124 e. The van der Waals surface area contributed by atoms with Gasteiger partial charge < -0.3 is 10.1 Å². The van der Waals surface area contributed by atoms with Gasteiger partial charge in [-0.05, 0) is 38.6 Å². The molecule has 1 aromatic rings. The van der Waals surface area contributed by atoms with E-state index in [0.717, 1.165) is 23.3 Å². The molecule has 1 aromatic carbocycles. The SMILES string of the molecule is CCNCc1cc(Br)ccc1OC(C)C. The predicted octanol–water partition coefficient (Wildman–Crippen LogP) is 3.35. The summed E-state index contributed by atoms with van der Waals surface area (Å²) in [5.74, 6) is 0.967. The highest BCUT2D eigenvalue weighted by Gasteiger charge is 2.05. The van der Waals surface area contributed by atoms with E-state index in [1.165, 1.54) is 5.56 Å². The summed E-state index contributed by atoms with van der Waals surface area (Å²) < 4.78 is 6.83. The second-order valence-corrected chi connectivity index (χ2v) is 4.61. The smallest absolute Gasteiger partial charge is 0.124 e. The minimum Gasteiger partial charge on any atom is -0.491 e. The van der Waals surface area contributed by atoms with Crippen LogP contribution < -0.4 is 10.1 Å². The van der Waals surface area contributed by atoms with Gasteiger partial charge in [-0.15, -0.1) is 0 Å². The van der Waals surface area contributed by atoms with Crippen molar-refractivity contribution in [1.82, 2.24) is 5.32 Å². The van der Waals surface area contributed by atoms with Crippen LogP contribution in [0.5, 0.6) is 5.75 Å². The van der Waals surface area contributed by atoms with E-state index in [4.69, 9.17) is 4.74 Å². The largest absolute Gasteiger partial charge is 0.491 e. The lowest BCUT2D eigenvalue weighted by Crippen LogP contribution is -2.14. The molecule has 1 rings (SSSR count). The second kappa shape index (κ2) is 6.13. The zero-order valence-electron chi connectivity index (χ0n) is 9.51. The summed E-state index contributed by atoms with van der Waals surface area (Å²) >= 11 is 3.47. The van der Waals surface area contributed by atoms with Crippen LogP contribution in [0.4, 0.5) is 0 Å². The van der Waals surface area contributed by atoms with Crippen LogP contribution in [0.1, 0.15) is 26.3 Å². The lowest BCUT2D eigenvalue weighted by Gasteiger charge is -2.14. The summed E-state index contributed by atoms with van der Waals surface area (Å²) in [5.41, 5.74) is 1.19. The lowest BCUT2D eigenvalue weighted by molar-refractivity contribution is 0.239. The van der Waals surface area contributed by atoms with Gasteiger partial charge >= 0.3 is 0 Å².